The van der Waals surface area contributed by atoms with Gasteiger partial charge in [-0.15, -0.1) is 5.10 Å². The lowest BCUT2D eigenvalue weighted by atomic mass is 10.2. The largest absolute Gasteiger partial charge is 0.310 e. The molecule has 7 nitrogen and oxygen atoms in total. The van der Waals surface area contributed by atoms with Gasteiger partial charge in [0.25, 0.3) is 0 Å². The highest BCUT2D eigenvalue weighted by molar-refractivity contribution is 7.99. The number of aromatic nitrogens is 5. The number of H-pyrrole nitrogens is 1. The fraction of sp³-hybridized carbons (Fsp3) is 0.0370. The van der Waals surface area contributed by atoms with Crippen LogP contribution in [-0.2, 0) is 4.79 Å². The van der Waals surface area contributed by atoms with Crippen LogP contribution in [0.25, 0.3) is 29.1 Å². The number of halogens is 1. The van der Waals surface area contributed by atoms with Crippen LogP contribution in [0.1, 0.15) is 11.4 Å². The number of benzene rings is 3. The minimum absolute atomic E-state index is 0.125. The molecule has 0 aliphatic heterocycles. The highest BCUT2D eigenvalue weighted by Gasteiger charge is 2.14. The second-order valence-electron chi connectivity index (χ2n) is 7.75. The average Bonchev–Trinajstić information content (AvgIpc) is 3.55. The molecule has 36 heavy (non-hydrogen) atoms. The van der Waals surface area contributed by atoms with Crippen molar-refractivity contribution in [2.75, 3.05) is 11.1 Å². The standard InChI is InChI=1S/C27H21FN6OS/c28-21-14-11-19(12-15-21)13-16-24-29-27(32-31-24)36-18-26(35)30-25-17-23(20-7-3-1-4-8-20)33-34(25)22-9-5-2-6-10-22/h1-17H,18H2,(H,30,35)(H,29,31,32)/b16-13+. The molecule has 0 aliphatic rings. The zero-order valence-electron chi connectivity index (χ0n) is 19.0. The van der Waals surface area contributed by atoms with Crippen LogP contribution in [0, 0.1) is 5.82 Å². The van der Waals surface area contributed by atoms with Gasteiger partial charge in [-0.2, -0.15) is 5.10 Å². The van der Waals surface area contributed by atoms with Crippen LogP contribution >= 0.6 is 11.8 Å². The minimum atomic E-state index is -0.285. The Morgan fingerprint density at radius 1 is 0.972 bits per heavy atom. The molecule has 9 heteroatoms. The maximum atomic E-state index is 13.0. The Kier molecular flexibility index (Phi) is 7.00. The third-order valence-electron chi connectivity index (χ3n) is 5.17. The molecule has 5 aromatic rings. The van der Waals surface area contributed by atoms with Gasteiger partial charge in [0.05, 0.1) is 17.1 Å². The zero-order chi connectivity index (χ0) is 24.7. The highest BCUT2D eigenvalue weighted by atomic mass is 32.2. The quantitative estimate of drug-likeness (QED) is 0.269. The van der Waals surface area contributed by atoms with E-state index in [9.17, 15) is 9.18 Å². The molecule has 0 spiro atoms. The summed E-state index contributed by atoms with van der Waals surface area (Å²) in [6, 6.07) is 27.4. The smallest absolute Gasteiger partial charge is 0.236 e. The number of nitrogens with one attached hydrogen (secondary N) is 2. The monoisotopic (exact) mass is 496 g/mol. The second-order valence-corrected chi connectivity index (χ2v) is 8.70. The van der Waals surface area contributed by atoms with Crippen LogP contribution in [-0.4, -0.2) is 36.6 Å². The van der Waals surface area contributed by atoms with Crippen molar-refractivity contribution in [3.8, 4) is 16.9 Å². The Hall–Kier alpha value is -4.50. The number of aromatic amines is 1. The number of thioether (sulfide) groups is 1. The number of para-hydroxylation sites is 1. The number of rotatable bonds is 8. The van der Waals surface area contributed by atoms with Gasteiger partial charge in [-0.3, -0.25) is 9.89 Å². The van der Waals surface area contributed by atoms with Crippen LogP contribution in [0.15, 0.2) is 96.2 Å². The first-order chi connectivity index (χ1) is 17.6. The Bertz CT molecular complexity index is 1480. The summed E-state index contributed by atoms with van der Waals surface area (Å²) in [7, 11) is 0. The lowest BCUT2D eigenvalue weighted by Crippen LogP contribution is -2.17. The van der Waals surface area contributed by atoms with Gasteiger partial charge in [-0.1, -0.05) is 78.5 Å². The summed E-state index contributed by atoms with van der Waals surface area (Å²) in [5.74, 6) is 0.747. The van der Waals surface area contributed by atoms with Crippen LogP contribution in [0.4, 0.5) is 10.2 Å². The van der Waals surface area contributed by atoms with E-state index < -0.39 is 0 Å². The molecule has 0 saturated carbocycles. The molecule has 0 radical (unpaired) electrons. The molecular formula is C27H21FN6OS. The van der Waals surface area contributed by atoms with Gasteiger partial charge < -0.3 is 5.32 Å². The molecular weight excluding hydrogens is 475 g/mol. The lowest BCUT2D eigenvalue weighted by Gasteiger charge is -2.08. The molecule has 178 valence electrons. The molecule has 2 aromatic heterocycles. The van der Waals surface area contributed by atoms with E-state index in [1.165, 1.54) is 23.9 Å². The van der Waals surface area contributed by atoms with Crippen molar-refractivity contribution in [1.29, 1.82) is 0 Å². The number of hydrogen-bond acceptors (Lipinski definition) is 5. The fourth-order valence-electron chi connectivity index (χ4n) is 3.44. The number of nitrogens with zero attached hydrogens (tertiary/aromatic N) is 4. The van der Waals surface area contributed by atoms with E-state index in [2.05, 4.69) is 20.5 Å². The molecule has 0 aliphatic carbocycles. The first-order valence-corrected chi connectivity index (χ1v) is 12.1. The average molecular weight is 497 g/mol. The summed E-state index contributed by atoms with van der Waals surface area (Å²) < 4.78 is 14.8. The van der Waals surface area contributed by atoms with E-state index in [0.29, 0.717) is 16.8 Å². The summed E-state index contributed by atoms with van der Waals surface area (Å²) in [6.07, 6.45) is 3.55. The van der Waals surface area contributed by atoms with Gasteiger partial charge in [0.1, 0.15) is 17.5 Å². The van der Waals surface area contributed by atoms with Crippen LogP contribution in [0.2, 0.25) is 0 Å². The molecule has 2 heterocycles. The summed E-state index contributed by atoms with van der Waals surface area (Å²) in [5, 5.41) is 15.1. The van der Waals surface area contributed by atoms with Crippen molar-refractivity contribution in [2.24, 2.45) is 0 Å². The molecule has 1 amide bonds. The van der Waals surface area contributed by atoms with E-state index in [-0.39, 0.29) is 17.5 Å². The van der Waals surface area contributed by atoms with E-state index >= 15 is 0 Å². The molecule has 0 atom stereocenters. The molecule has 0 fully saturated rings. The number of amides is 1. The van der Waals surface area contributed by atoms with E-state index in [4.69, 9.17) is 5.10 Å². The fourth-order valence-corrected chi connectivity index (χ4v) is 4.05. The summed E-state index contributed by atoms with van der Waals surface area (Å²) >= 11 is 1.22. The SMILES string of the molecule is O=C(CSc1n[nH]c(/C=C/c2ccc(F)cc2)n1)Nc1cc(-c2ccccc2)nn1-c1ccccc1. The molecule has 3 aromatic carbocycles. The third-order valence-corrected chi connectivity index (χ3v) is 6.01. The summed E-state index contributed by atoms with van der Waals surface area (Å²) in [5.41, 5.74) is 3.40. The van der Waals surface area contributed by atoms with Crippen molar-refractivity contribution in [2.45, 2.75) is 5.16 Å². The third kappa shape index (κ3) is 5.76. The van der Waals surface area contributed by atoms with Crippen molar-refractivity contribution < 1.29 is 9.18 Å². The van der Waals surface area contributed by atoms with Crippen LogP contribution in [0.3, 0.4) is 0 Å². The van der Waals surface area contributed by atoms with E-state index in [0.717, 1.165) is 22.5 Å². The van der Waals surface area contributed by atoms with Gasteiger partial charge in [0.2, 0.25) is 11.1 Å². The number of carbonyl (C=O) groups excluding carboxylic acids is 1. The molecule has 5 rings (SSSR count). The normalized spacial score (nSPS) is 11.1. The maximum Gasteiger partial charge on any atom is 0.236 e. The number of carbonyl (C=O) groups is 1. The predicted octanol–water partition coefficient (Wildman–Crippen LogP) is 5.70. The maximum absolute atomic E-state index is 13.0. The Morgan fingerprint density at radius 2 is 1.69 bits per heavy atom. The van der Waals surface area contributed by atoms with Gasteiger partial charge in [0.15, 0.2) is 0 Å². The van der Waals surface area contributed by atoms with Crippen molar-refractivity contribution in [3.63, 3.8) is 0 Å². The topological polar surface area (TPSA) is 88.5 Å². The molecule has 0 unspecified atom stereocenters. The van der Waals surface area contributed by atoms with Crippen LogP contribution in [0.5, 0.6) is 0 Å². The van der Waals surface area contributed by atoms with Gasteiger partial charge in [0, 0.05) is 11.6 Å². The summed E-state index contributed by atoms with van der Waals surface area (Å²) in [4.78, 5) is 17.1. The van der Waals surface area contributed by atoms with Crippen molar-refractivity contribution in [1.82, 2.24) is 25.0 Å². The summed E-state index contributed by atoms with van der Waals surface area (Å²) in [6.45, 7) is 0. The molecule has 0 bridgehead atoms. The van der Waals surface area contributed by atoms with Gasteiger partial charge >= 0.3 is 0 Å². The number of anilines is 1. The van der Waals surface area contributed by atoms with Crippen molar-refractivity contribution in [3.05, 3.63) is 108 Å². The predicted molar refractivity (Wildman–Crippen MR) is 140 cm³/mol. The minimum Gasteiger partial charge on any atom is -0.310 e. The van der Waals surface area contributed by atoms with Gasteiger partial charge in [-0.05, 0) is 35.9 Å². The Labute approximate surface area is 211 Å². The van der Waals surface area contributed by atoms with Gasteiger partial charge in [-0.25, -0.2) is 14.1 Å². The van der Waals surface area contributed by atoms with Crippen LogP contribution < -0.4 is 5.32 Å². The first-order valence-electron chi connectivity index (χ1n) is 11.1. The molecule has 0 saturated heterocycles. The second kappa shape index (κ2) is 10.8. The van der Waals surface area contributed by atoms with E-state index in [1.807, 2.05) is 66.7 Å². The number of hydrogen-bond donors (Lipinski definition) is 2. The Balaban J connectivity index is 1.25. The van der Waals surface area contributed by atoms with E-state index in [1.54, 1.807) is 29.0 Å². The van der Waals surface area contributed by atoms with Crippen molar-refractivity contribution >= 4 is 35.6 Å². The lowest BCUT2D eigenvalue weighted by molar-refractivity contribution is -0.113. The first kappa shape index (κ1) is 23.3. The Morgan fingerprint density at radius 3 is 2.44 bits per heavy atom. The molecule has 2 N–H and O–H groups in total. The zero-order valence-corrected chi connectivity index (χ0v) is 19.8. The highest BCUT2D eigenvalue weighted by Crippen LogP contribution is 2.25.